The molecule has 0 bridgehead atoms. The number of rotatable bonds is 10. The lowest BCUT2D eigenvalue weighted by molar-refractivity contribution is -0.137. The van der Waals surface area contributed by atoms with E-state index in [1.165, 1.54) is 34.9 Å². The average molecular weight is 630 g/mol. The molecule has 0 unspecified atom stereocenters. The molecule has 0 aliphatic rings. The number of alkyl halides is 3. The van der Waals surface area contributed by atoms with Crippen molar-refractivity contribution >= 4 is 26.9 Å². The van der Waals surface area contributed by atoms with E-state index in [4.69, 9.17) is 0 Å². The summed E-state index contributed by atoms with van der Waals surface area (Å²) in [6.45, 7) is 2.00. The standard InChI is InChI=1S/C30H27F4N5O4S/c1-2-3-15-38-27-26(28(40)39(29(38)41)18-20-7-4-5-10-24(20)31)35-25(36-27)16-19-11-13-22(14-12-19)37-44(42,43)23-9-6-8-21(17-23)30(32,33)34/h4-14,17,37H,2-3,15-16,18H2,1H3,(H,35,36). The van der Waals surface area contributed by atoms with Gasteiger partial charge in [0, 0.05) is 24.2 Å². The third kappa shape index (κ3) is 6.44. The minimum absolute atomic E-state index is 0.0949. The zero-order valence-corrected chi connectivity index (χ0v) is 24.2. The summed E-state index contributed by atoms with van der Waals surface area (Å²) in [5.41, 5.74) is -1.07. The second kappa shape index (κ2) is 12.1. The van der Waals surface area contributed by atoms with E-state index in [1.54, 1.807) is 18.2 Å². The molecule has 0 atom stereocenters. The van der Waals surface area contributed by atoms with Gasteiger partial charge in [-0.1, -0.05) is 49.7 Å². The molecule has 0 saturated heterocycles. The van der Waals surface area contributed by atoms with Crippen molar-refractivity contribution in [2.24, 2.45) is 0 Å². The first kappa shape index (κ1) is 30.7. The smallest absolute Gasteiger partial charge is 0.336 e. The number of benzene rings is 3. The maximum Gasteiger partial charge on any atom is 0.416 e. The maximum atomic E-state index is 14.3. The van der Waals surface area contributed by atoms with Crippen LogP contribution in [0.15, 0.2) is 87.3 Å². The Balaban J connectivity index is 1.41. The molecule has 0 aliphatic carbocycles. The number of aromatic nitrogens is 4. The minimum atomic E-state index is -4.69. The van der Waals surface area contributed by atoms with Crippen molar-refractivity contribution in [2.75, 3.05) is 4.72 Å². The van der Waals surface area contributed by atoms with Gasteiger partial charge in [0.25, 0.3) is 15.6 Å². The van der Waals surface area contributed by atoms with Gasteiger partial charge in [0.1, 0.15) is 17.2 Å². The van der Waals surface area contributed by atoms with Gasteiger partial charge >= 0.3 is 11.9 Å². The van der Waals surface area contributed by atoms with Gasteiger partial charge in [-0.15, -0.1) is 0 Å². The van der Waals surface area contributed by atoms with Crippen LogP contribution >= 0.6 is 0 Å². The lowest BCUT2D eigenvalue weighted by Crippen LogP contribution is -2.40. The minimum Gasteiger partial charge on any atom is -0.336 e. The van der Waals surface area contributed by atoms with E-state index in [2.05, 4.69) is 14.7 Å². The number of hydrogen-bond acceptors (Lipinski definition) is 5. The van der Waals surface area contributed by atoms with E-state index in [0.29, 0.717) is 30.4 Å². The molecule has 2 N–H and O–H groups in total. The summed E-state index contributed by atoms with van der Waals surface area (Å²) in [6.07, 6.45) is -3.08. The van der Waals surface area contributed by atoms with Gasteiger partial charge < -0.3 is 4.98 Å². The topological polar surface area (TPSA) is 119 Å². The van der Waals surface area contributed by atoms with Crippen molar-refractivity contribution in [3.63, 3.8) is 0 Å². The number of imidazole rings is 1. The zero-order valence-electron chi connectivity index (χ0n) is 23.4. The number of sulfonamides is 1. The number of nitrogens with zero attached hydrogens (tertiary/aromatic N) is 3. The lowest BCUT2D eigenvalue weighted by atomic mass is 10.1. The molecule has 230 valence electrons. The molecule has 9 nitrogen and oxygen atoms in total. The number of aromatic amines is 1. The van der Waals surface area contributed by atoms with Gasteiger partial charge in [-0.2, -0.15) is 13.2 Å². The predicted molar refractivity (Wildman–Crippen MR) is 157 cm³/mol. The molecule has 0 amide bonds. The van der Waals surface area contributed by atoms with Gasteiger partial charge in [-0.3, -0.25) is 18.7 Å². The summed E-state index contributed by atoms with van der Waals surface area (Å²) in [7, 11) is -4.30. The second-order valence-electron chi connectivity index (χ2n) is 10.2. The molecule has 5 aromatic rings. The van der Waals surface area contributed by atoms with E-state index in [-0.39, 0.29) is 35.4 Å². The van der Waals surface area contributed by atoms with E-state index in [9.17, 15) is 35.6 Å². The van der Waals surface area contributed by atoms with Crippen molar-refractivity contribution in [3.8, 4) is 0 Å². The Bertz CT molecular complexity index is 2050. The Hall–Kier alpha value is -4.72. The summed E-state index contributed by atoms with van der Waals surface area (Å²) >= 11 is 0. The first-order chi connectivity index (χ1) is 20.9. The zero-order chi connectivity index (χ0) is 31.6. The van der Waals surface area contributed by atoms with Gasteiger partial charge in [-0.25, -0.2) is 22.6 Å². The highest BCUT2D eigenvalue weighted by molar-refractivity contribution is 7.92. The van der Waals surface area contributed by atoms with Crippen LogP contribution in [0.5, 0.6) is 0 Å². The van der Waals surface area contributed by atoms with Crippen LogP contribution in [0.3, 0.4) is 0 Å². The molecular formula is C30H27F4N5O4S. The Labute approximate surface area is 248 Å². The summed E-state index contributed by atoms with van der Waals surface area (Å²) in [5, 5.41) is 0. The summed E-state index contributed by atoms with van der Waals surface area (Å²) in [6, 6.07) is 15.4. The van der Waals surface area contributed by atoms with Crippen LogP contribution in [0.2, 0.25) is 0 Å². The van der Waals surface area contributed by atoms with Gasteiger partial charge in [0.05, 0.1) is 17.0 Å². The average Bonchev–Trinajstić information content (AvgIpc) is 3.40. The fourth-order valence-corrected chi connectivity index (χ4v) is 5.79. The first-order valence-electron chi connectivity index (χ1n) is 13.6. The third-order valence-electron chi connectivity index (χ3n) is 6.98. The monoisotopic (exact) mass is 629 g/mol. The van der Waals surface area contributed by atoms with Crippen molar-refractivity contribution in [1.29, 1.82) is 0 Å². The largest absolute Gasteiger partial charge is 0.416 e. The molecule has 2 heterocycles. The Kier molecular flexibility index (Phi) is 8.46. The highest BCUT2D eigenvalue weighted by Crippen LogP contribution is 2.31. The predicted octanol–water partition coefficient (Wildman–Crippen LogP) is 5.28. The first-order valence-corrected chi connectivity index (χ1v) is 15.1. The van der Waals surface area contributed by atoms with Gasteiger partial charge in [0.2, 0.25) is 0 Å². The van der Waals surface area contributed by atoms with Gasteiger partial charge in [0.15, 0.2) is 5.65 Å². The van der Waals surface area contributed by atoms with Crippen molar-refractivity contribution < 1.29 is 26.0 Å². The molecule has 0 saturated carbocycles. The number of nitrogens with one attached hydrogen (secondary N) is 2. The molecule has 44 heavy (non-hydrogen) atoms. The molecule has 3 aromatic carbocycles. The fourth-order valence-electron chi connectivity index (χ4n) is 4.69. The highest BCUT2D eigenvalue weighted by atomic mass is 32.2. The SMILES string of the molecule is CCCCn1c(=O)n(Cc2ccccc2F)c(=O)c2[nH]c(Cc3ccc(NS(=O)(=O)c4cccc(C(F)(F)F)c4)cc3)nc21. The second-order valence-corrected chi connectivity index (χ2v) is 11.8. The third-order valence-corrected chi connectivity index (χ3v) is 8.36. The lowest BCUT2D eigenvalue weighted by Gasteiger charge is -2.11. The normalized spacial score (nSPS) is 12.1. The van der Waals surface area contributed by atoms with E-state index in [0.717, 1.165) is 29.2 Å². The maximum absolute atomic E-state index is 14.3. The Morgan fingerprint density at radius 1 is 0.955 bits per heavy atom. The van der Waals surface area contributed by atoms with Crippen LogP contribution < -0.4 is 16.0 Å². The number of H-pyrrole nitrogens is 1. The molecule has 14 heteroatoms. The quantitative estimate of drug-likeness (QED) is 0.204. The molecule has 2 aromatic heterocycles. The van der Waals surface area contributed by atoms with Crippen LogP contribution in [0.1, 0.15) is 42.3 Å². The number of fused-ring (bicyclic) bond motifs is 1. The molecule has 0 radical (unpaired) electrons. The van der Waals surface area contributed by atoms with Crippen molar-refractivity contribution in [3.05, 3.63) is 122 Å². The number of unbranched alkanes of at least 4 members (excludes halogenated alkanes) is 1. The molecule has 0 fully saturated rings. The molecule has 0 aliphatic heterocycles. The Morgan fingerprint density at radius 2 is 1.68 bits per heavy atom. The van der Waals surface area contributed by atoms with Crippen LogP contribution in [0, 0.1) is 5.82 Å². The van der Waals surface area contributed by atoms with Crippen LogP contribution in [-0.4, -0.2) is 27.5 Å². The Morgan fingerprint density at radius 3 is 2.36 bits per heavy atom. The van der Waals surface area contributed by atoms with Crippen LogP contribution in [0.25, 0.3) is 11.2 Å². The molecule has 0 spiro atoms. The highest BCUT2D eigenvalue weighted by Gasteiger charge is 2.31. The van der Waals surface area contributed by atoms with Crippen molar-refractivity contribution in [2.45, 2.75) is 50.3 Å². The fraction of sp³-hybridized carbons (Fsp3) is 0.233. The van der Waals surface area contributed by atoms with E-state index in [1.807, 2.05) is 6.92 Å². The summed E-state index contributed by atoms with van der Waals surface area (Å²) in [4.78, 5) is 33.7. The van der Waals surface area contributed by atoms with Crippen molar-refractivity contribution in [1.82, 2.24) is 19.1 Å². The van der Waals surface area contributed by atoms with E-state index < -0.39 is 43.7 Å². The van der Waals surface area contributed by atoms with Gasteiger partial charge in [-0.05, 0) is 48.4 Å². The molecular weight excluding hydrogens is 602 g/mol. The van der Waals surface area contributed by atoms with E-state index >= 15 is 0 Å². The number of hydrogen-bond donors (Lipinski definition) is 2. The molecule has 5 rings (SSSR count). The summed E-state index contributed by atoms with van der Waals surface area (Å²) in [5.74, 6) is -0.174. The van der Waals surface area contributed by atoms with Crippen LogP contribution in [-0.2, 0) is 35.7 Å². The summed E-state index contributed by atoms with van der Waals surface area (Å²) < 4.78 is 83.5. The number of aryl methyl sites for hydroxylation is 1. The number of halogens is 4. The number of anilines is 1. The van der Waals surface area contributed by atoms with Crippen LogP contribution in [0.4, 0.5) is 23.2 Å².